The Bertz CT molecular complexity index is 1740. The third-order valence-electron chi connectivity index (χ3n) is 10.3. The molecule has 4 aromatic rings. The van der Waals surface area contributed by atoms with Crippen molar-refractivity contribution in [3.05, 3.63) is 89.3 Å². The highest BCUT2D eigenvalue weighted by Gasteiger charge is 2.42. The maximum Gasteiger partial charge on any atom is 0.254 e. The number of fused-ring (bicyclic) bond motifs is 1. The van der Waals surface area contributed by atoms with Crippen molar-refractivity contribution in [3.63, 3.8) is 0 Å². The lowest BCUT2D eigenvalue weighted by Gasteiger charge is -2.33. The highest BCUT2D eigenvalue weighted by molar-refractivity contribution is 5.96. The Morgan fingerprint density at radius 1 is 0.878 bits per heavy atom. The number of carbonyl (C=O) groups excluding carboxylic acids is 1. The zero-order valence-corrected chi connectivity index (χ0v) is 29.1. The number of hydrogen-bond acceptors (Lipinski definition) is 7. The first-order valence-corrected chi connectivity index (χ1v) is 17.4. The average molecular weight is 665 g/mol. The fraction of sp³-hybridized carbons (Fsp3) is 0.462. The molecule has 0 spiro atoms. The third-order valence-corrected chi connectivity index (χ3v) is 10.3. The van der Waals surface area contributed by atoms with Crippen LogP contribution in [0.25, 0.3) is 15.9 Å². The van der Waals surface area contributed by atoms with Crippen LogP contribution >= 0.6 is 0 Å². The van der Waals surface area contributed by atoms with E-state index in [1.807, 2.05) is 4.90 Å². The van der Waals surface area contributed by atoms with Gasteiger partial charge in [-0.1, -0.05) is 42.5 Å². The summed E-state index contributed by atoms with van der Waals surface area (Å²) in [6.07, 6.45) is 4.81. The number of anilines is 1. The summed E-state index contributed by atoms with van der Waals surface area (Å²) >= 11 is 0. The van der Waals surface area contributed by atoms with Crippen LogP contribution in [0, 0.1) is 6.57 Å². The Kier molecular flexibility index (Phi) is 10.9. The van der Waals surface area contributed by atoms with Gasteiger partial charge in [-0.15, -0.1) is 0 Å². The Hall–Kier alpha value is -4.75. The van der Waals surface area contributed by atoms with Gasteiger partial charge in [0.1, 0.15) is 0 Å². The zero-order valence-electron chi connectivity index (χ0n) is 29.1. The van der Waals surface area contributed by atoms with Crippen LogP contribution in [0.1, 0.15) is 48.0 Å². The van der Waals surface area contributed by atoms with Crippen molar-refractivity contribution in [3.8, 4) is 17.2 Å². The van der Waals surface area contributed by atoms with Crippen molar-refractivity contribution >= 4 is 22.9 Å². The molecule has 3 aromatic carbocycles. The molecule has 0 bridgehead atoms. The topological polar surface area (TPSA) is 76.7 Å². The van der Waals surface area contributed by atoms with E-state index in [4.69, 9.17) is 25.8 Å². The number of methoxy groups -OCH3 is 3. The predicted molar refractivity (Wildman–Crippen MR) is 193 cm³/mol. The Labute approximate surface area is 290 Å². The summed E-state index contributed by atoms with van der Waals surface area (Å²) in [4.78, 5) is 29.6. The third kappa shape index (κ3) is 7.32. The molecule has 2 saturated heterocycles. The number of nitrogens with zero attached hydrogens (tertiary/aromatic N) is 6. The van der Waals surface area contributed by atoms with Crippen molar-refractivity contribution in [2.75, 3.05) is 78.6 Å². The fourth-order valence-electron chi connectivity index (χ4n) is 7.56. The molecular formula is C39H48N6O4. The molecule has 10 heteroatoms. The number of para-hydroxylation sites is 2. The molecular weight excluding hydrogens is 616 g/mol. The van der Waals surface area contributed by atoms with Gasteiger partial charge in [0.2, 0.25) is 18.2 Å². The summed E-state index contributed by atoms with van der Waals surface area (Å²) in [6.45, 7) is 14.8. The van der Waals surface area contributed by atoms with Gasteiger partial charge in [-0.3, -0.25) is 4.79 Å². The van der Waals surface area contributed by atoms with E-state index in [0.717, 1.165) is 88.4 Å². The zero-order chi connectivity index (χ0) is 34.2. The molecule has 10 nitrogen and oxygen atoms in total. The Balaban J connectivity index is 1.16. The number of likely N-dealkylation sites (tertiary alicyclic amines) is 1. The molecule has 0 saturated carbocycles. The second-order valence-electron chi connectivity index (χ2n) is 13.1. The summed E-state index contributed by atoms with van der Waals surface area (Å²) in [5.74, 6) is 2.45. The van der Waals surface area contributed by atoms with Crippen LogP contribution in [-0.2, 0) is 12.0 Å². The van der Waals surface area contributed by atoms with Crippen LogP contribution in [0.15, 0.2) is 66.7 Å². The van der Waals surface area contributed by atoms with Gasteiger partial charge in [0.15, 0.2) is 11.5 Å². The molecule has 0 aliphatic carbocycles. The van der Waals surface area contributed by atoms with Gasteiger partial charge < -0.3 is 38.3 Å². The molecule has 2 aliphatic heterocycles. The normalized spacial score (nSPS) is 18.3. The van der Waals surface area contributed by atoms with E-state index < -0.39 is 0 Å². The van der Waals surface area contributed by atoms with Gasteiger partial charge in [0.05, 0.1) is 32.4 Å². The molecule has 1 atom stereocenters. The molecule has 1 aromatic heterocycles. The van der Waals surface area contributed by atoms with Crippen LogP contribution in [0.5, 0.6) is 17.2 Å². The molecule has 3 heterocycles. The summed E-state index contributed by atoms with van der Waals surface area (Å²) < 4.78 is 18.9. The fourth-order valence-corrected chi connectivity index (χ4v) is 7.56. The maximum absolute atomic E-state index is 14.0. The van der Waals surface area contributed by atoms with Crippen molar-refractivity contribution in [1.29, 1.82) is 0 Å². The van der Waals surface area contributed by atoms with Gasteiger partial charge in [-0.05, 0) is 68.6 Å². The molecule has 2 fully saturated rings. The van der Waals surface area contributed by atoms with E-state index >= 15 is 0 Å². The Morgan fingerprint density at radius 3 is 2.37 bits per heavy atom. The van der Waals surface area contributed by atoms with Crippen molar-refractivity contribution in [1.82, 2.24) is 19.4 Å². The van der Waals surface area contributed by atoms with Crippen molar-refractivity contribution < 1.29 is 19.0 Å². The number of aromatic nitrogens is 2. The largest absolute Gasteiger partial charge is 0.493 e. The first-order chi connectivity index (χ1) is 24.0. The van der Waals surface area contributed by atoms with Gasteiger partial charge in [-0.25, -0.2) is 11.6 Å². The number of amides is 1. The summed E-state index contributed by atoms with van der Waals surface area (Å²) in [7, 11) is 4.70. The van der Waals surface area contributed by atoms with Crippen molar-refractivity contribution in [2.24, 2.45) is 0 Å². The van der Waals surface area contributed by atoms with Gasteiger partial charge >= 0.3 is 0 Å². The van der Waals surface area contributed by atoms with E-state index in [2.05, 4.69) is 73.8 Å². The lowest BCUT2D eigenvalue weighted by Crippen LogP contribution is -2.39. The molecule has 1 amide bonds. The second-order valence-corrected chi connectivity index (χ2v) is 13.1. The van der Waals surface area contributed by atoms with Crippen LogP contribution in [-0.4, -0.2) is 98.9 Å². The SMILES string of the molecule is [C-]#[N+]CCCCn1c(N2CCCN(CCC3(c4ccccc4)CCN(C(=O)c4cc(OC)c(OC)c(OC)c4)C3)CC2)nc2ccccc21. The molecule has 0 radical (unpaired) electrons. The number of rotatable bonds is 13. The highest BCUT2D eigenvalue weighted by Crippen LogP contribution is 2.41. The summed E-state index contributed by atoms with van der Waals surface area (Å²) in [6, 6.07) is 22.6. The number of hydrogen-bond donors (Lipinski definition) is 0. The summed E-state index contributed by atoms with van der Waals surface area (Å²) in [5.41, 5.74) is 3.88. The van der Waals surface area contributed by atoms with E-state index in [1.54, 1.807) is 33.5 Å². The highest BCUT2D eigenvalue weighted by atomic mass is 16.5. The molecule has 1 unspecified atom stereocenters. The average Bonchev–Trinajstić information content (AvgIpc) is 3.67. The second kappa shape index (κ2) is 15.6. The minimum Gasteiger partial charge on any atom is -0.493 e. The predicted octanol–water partition coefficient (Wildman–Crippen LogP) is 6.15. The maximum atomic E-state index is 14.0. The first kappa shape index (κ1) is 34.1. The van der Waals surface area contributed by atoms with E-state index in [-0.39, 0.29) is 11.3 Å². The van der Waals surface area contributed by atoms with Gasteiger partial charge in [0, 0.05) is 56.7 Å². The quantitative estimate of drug-likeness (QED) is 0.125. The number of ether oxygens (including phenoxy) is 3. The smallest absolute Gasteiger partial charge is 0.254 e. The van der Waals surface area contributed by atoms with Crippen LogP contribution < -0.4 is 19.1 Å². The van der Waals surface area contributed by atoms with Crippen LogP contribution in [0.4, 0.5) is 5.95 Å². The lowest BCUT2D eigenvalue weighted by atomic mass is 9.76. The molecule has 258 valence electrons. The monoisotopic (exact) mass is 664 g/mol. The molecule has 49 heavy (non-hydrogen) atoms. The summed E-state index contributed by atoms with van der Waals surface area (Å²) in [5, 5.41) is 0. The number of imidazole rings is 1. The first-order valence-electron chi connectivity index (χ1n) is 17.4. The van der Waals surface area contributed by atoms with Crippen LogP contribution in [0.2, 0.25) is 0 Å². The number of aryl methyl sites for hydroxylation is 1. The number of benzene rings is 3. The standard InChI is InChI=1S/C39H48N6O4/c1-40-19-10-11-22-45-33-16-9-8-15-32(33)41-38(45)43-21-12-20-42(25-26-43)23-17-39(31-13-6-5-7-14-31)18-24-44(29-39)37(46)30-27-34(47-2)36(49-4)35(28-30)48-3/h5-9,13-16,27-28H,10-12,17-26,29H2,2-4H3. The van der Waals surface area contributed by atoms with E-state index in [1.165, 1.54) is 5.56 Å². The molecule has 6 rings (SSSR count). The Morgan fingerprint density at radius 2 is 1.63 bits per heavy atom. The molecule has 0 N–H and O–H groups in total. The number of unbranched alkanes of at least 4 members (excludes halogenated alkanes) is 1. The van der Waals surface area contributed by atoms with E-state index in [9.17, 15) is 4.79 Å². The number of carbonyl (C=O) groups is 1. The van der Waals surface area contributed by atoms with Gasteiger partial charge in [-0.2, -0.15) is 0 Å². The molecule has 2 aliphatic rings. The lowest BCUT2D eigenvalue weighted by molar-refractivity contribution is 0.0780. The minimum atomic E-state index is -0.136. The van der Waals surface area contributed by atoms with E-state index in [0.29, 0.717) is 42.4 Å². The van der Waals surface area contributed by atoms with Gasteiger partial charge in [0.25, 0.3) is 5.91 Å². The van der Waals surface area contributed by atoms with Crippen molar-refractivity contribution in [2.45, 2.75) is 44.1 Å². The minimum absolute atomic E-state index is 0.0283. The van der Waals surface area contributed by atoms with Crippen LogP contribution in [0.3, 0.4) is 0 Å².